The van der Waals surface area contributed by atoms with Gasteiger partial charge in [0.15, 0.2) is 0 Å². The highest BCUT2D eigenvalue weighted by atomic mass is 16.5. The zero-order valence-electron chi connectivity index (χ0n) is 11.9. The quantitative estimate of drug-likeness (QED) is 0.620. The molecular weight excluding hydrogens is 284 g/mol. The summed E-state index contributed by atoms with van der Waals surface area (Å²) in [4.78, 5) is 24.7. The molecule has 0 bridgehead atoms. The predicted molar refractivity (Wildman–Crippen MR) is 79.7 cm³/mol. The molecule has 0 aliphatic carbocycles. The van der Waals surface area contributed by atoms with Crippen molar-refractivity contribution >= 4 is 17.5 Å². The minimum absolute atomic E-state index is 0.0147. The van der Waals surface area contributed by atoms with E-state index < -0.39 is 5.91 Å². The molecule has 1 fully saturated rings. The Kier molecular flexibility index (Phi) is 5.11. The summed E-state index contributed by atoms with van der Waals surface area (Å²) in [5, 5.41) is 12.0. The van der Waals surface area contributed by atoms with Gasteiger partial charge >= 0.3 is 0 Å². The first-order valence-electron chi connectivity index (χ1n) is 6.75. The Morgan fingerprint density at radius 2 is 1.91 bits per heavy atom. The van der Waals surface area contributed by atoms with Gasteiger partial charge in [0.25, 0.3) is 5.91 Å². The molecule has 0 atom stereocenters. The smallest absolute Gasteiger partial charge is 0.266 e. The molecule has 0 saturated carbocycles. The summed E-state index contributed by atoms with van der Waals surface area (Å²) < 4.78 is 5.17. The third-order valence-electron chi connectivity index (χ3n) is 3.20. The van der Waals surface area contributed by atoms with Gasteiger partial charge in [0.2, 0.25) is 5.91 Å². The van der Waals surface area contributed by atoms with Crippen LogP contribution in [-0.2, 0) is 9.53 Å². The second kappa shape index (κ2) is 7.24. The molecule has 1 aromatic carbocycles. The Balaban J connectivity index is 2.04. The molecule has 0 radical (unpaired) electrons. The minimum Gasteiger partial charge on any atom is -0.378 e. The average molecular weight is 300 g/mol. The van der Waals surface area contributed by atoms with E-state index >= 15 is 0 Å². The summed E-state index contributed by atoms with van der Waals surface area (Å²) in [7, 11) is 0. The van der Waals surface area contributed by atoms with E-state index in [1.165, 1.54) is 6.20 Å². The van der Waals surface area contributed by atoms with E-state index in [1.54, 1.807) is 29.2 Å². The van der Waals surface area contributed by atoms with Crippen molar-refractivity contribution in [3.8, 4) is 6.07 Å². The molecule has 1 aromatic rings. The van der Waals surface area contributed by atoms with Crippen LogP contribution >= 0.6 is 0 Å². The average Bonchev–Trinajstić information content (AvgIpc) is 2.56. The topological polar surface area (TPSA) is 108 Å². The highest BCUT2D eigenvalue weighted by Gasteiger charge is 2.20. The van der Waals surface area contributed by atoms with Crippen molar-refractivity contribution < 1.29 is 14.3 Å². The maximum atomic E-state index is 12.2. The lowest BCUT2D eigenvalue weighted by Crippen LogP contribution is -2.41. The number of hydrogen-bond donors (Lipinski definition) is 2. The molecular formula is C15H16N4O3. The molecule has 2 amide bonds. The fourth-order valence-electron chi connectivity index (χ4n) is 1.96. The van der Waals surface area contributed by atoms with Crippen molar-refractivity contribution in [1.82, 2.24) is 4.90 Å². The molecule has 7 heteroatoms. The third kappa shape index (κ3) is 3.84. The number of benzene rings is 1. The number of nitrogens with zero attached hydrogens (tertiary/aromatic N) is 2. The first kappa shape index (κ1) is 15.5. The van der Waals surface area contributed by atoms with Crippen LogP contribution in [0.1, 0.15) is 10.4 Å². The fraction of sp³-hybridized carbons (Fsp3) is 0.267. The van der Waals surface area contributed by atoms with E-state index in [1.807, 2.05) is 6.07 Å². The van der Waals surface area contributed by atoms with E-state index in [4.69, 9.17) is 15.7 Å². The second-order valence-corrected chi connectivity index (χ2v) is 4.66. The molecule has 1 saturated heterocycles. The lowest BCUT2D eigenvalue weighted by molar-refractivity contribution is -0.130. The monoisotopic (exact) mass is 300 g/mol. The van der Waals surface area contributed by atoms with E-state index in [0.29, 0.717) is 37.6 Å². The summed E-state index contributed by atoms with van der Waals surface area (Å²) in [5.41, 5.74) is 6.20. The van der Waals surface area contributed by atoms with Crippen LogP contribution in [0.4, 0.5) is 5.69 Å². The number of nitrogens with one attached hydrogen (secondary N) is 1. The van der Waals surface area contributed by atoms with Gasteiger partial charge in [-0.3, -0.25) is 9.59 Å². The van der Waals surface area contributed by atoms with Crippen LogP contribution < -0.4 is 11.1 Å². The third-order valence-corrected chi connectivity index (χ3v) is 3.20. The van der Waals surface area contributed by atoms with E-state index in [9.17, 15) is 9.59 Å². The Morgan fingerprint density at radius 3 is 2.45 bits per heavy atom. The van der Waals surface area contributed by atoms with Crippen LogP contribution in [0.3, 0.4) is 0 Å². The Bertz CT molecular complexity index is 625. The van der Waals surface area contributed by atoms with E-state index in [0.717, 1.165) is 0 Å². The molecule has 114 valence electrons. The van der Waals surface area contributed by atoms with E-state index in [2.05, 4.69) is 5.32 Å². The summed E-state index contributed by atoms with van der Waals surface area (Å²) in [6, 6.07) is 8.31. The molecule has 1 aliphatic rings. The standard InChI is InChI=1S/C15H16N4O3/c16-9-12(15(21)19-5-7-22-8-6-19)10-18-13-3-1-11(2-4-13)14(17)20/h1-4,10,18H,5-8H2,(H2,17,20)/b12-10-. The van der Waals surface area contributed by atoms with Crippen molar-refractivity contribution in [2.45, 2.75) is 0 Å². The number of rotatable bonds is 4. The molecule has 1 heterocycles. The largest absolute Gasteiger partial charge is 0.378 e. The second-order valence-electron chi connectivity index (χ2n) is 4.66. The predicted octanol–water partition coefficient (Wildman–Crippen LogP) is 0.464. The zero-order valence-corrected chi connectivity index (χ0v) is 11.9. The Labute approximate surface area is 127 Å². The summed E-state index contributed by atoms with van der Waals surface area (Å²) in [5.74, 6) is -0.839. The molecule has 3 N–H and O–H groups in total. The molecule has 0 spiro atoms. The molecule has 0 aromatic heterocycles. The number of amides is 2. The number of carbonyl (C=O) groups is 2. The molecule has 0 unspecified atom stereocenters. The van der Waals surface area contributed by atoms with Crippen LogP contribution in [0.15, 0.2) is 36.0 Å². The van der Waals surface area contributed by atoms with Crippen LogP contribution in [0.2, 0.25) is 0 Å². The number of nitrogens with two attached hydrogens (primary N) is 1. The van der Waals surface area contributed by atoms with Gasteiger partial charge in [-0.2, -0.15) is 5.26 Å². The van der Waals surface area contributed by atoms with Crippen LogP contribution in [-0.4, -0.2) is 43.0 Å². The lowest BCUT2D eigenvalue weighted by atomic mass is 10.2. The number of nitriles is 1. The number of ether oxygens (including phenoxy) is 1. The lowest BCUT2D eigenvalue weighted by Gasteiger charge is -2.26. The SMILES string of the molecule is N#C/C(=C/Nc1ccc(C(N)=O)cc1)C(=O)N1CCOCC1. The maximum Gasteiger partial charge on any atom is 0.266 e. The van der Waals surface area contributed by atoms with Crippen molar-refractivity contribution in [1.29, 1.82) is 5.26 Å². The van der Waals surface area contributed by atoms with Gasteiger partial charge in [-0.05, 0) is 24.3 Å². The van der Waals surface area contributed by atoms with Gasteiger partial charge in [-0.15, -0.1) is 0 Å². The van der Waals surface area contributed by atoms with Gasteiger partial charge in [0.1, 0.15) is 11.6 Å². The highest BCUT2D eigenvalue weighted by Crippen LogP contribution is 2.11. The Morgan fingerprint density at radius 1 is 1.27 bits per heavy atom. The zero-order chi connectivity index (χ0) is 15.9. The van der Waals surface area contributed by atoms with Gasteiger partial charge in [0.05, 0.1) is 13.2 Å². The molecule has 1 aliphatic heterocycles. The minimum atomic E-state index is -0.512. The van der Waals surface area contributed by atoms with Gasteiger partial charge in [0, 0.05) is 30.5 Å². The number of carbonyl (C=O) groups excluding carboxylic acids is 2. The molecule has 7 nitrogen and oxygen atoms in total. The van der Waals surface area contributed by atoms with Gasteiger partial charge < -0.3 is 20.7 Å². The van der Waals surface area contributed by atoms with Crippen molar-refractivity contribution in [3.63, 3.8) is 0 Å². The van der Waals surface area contributed by atoms with Crippen molar-refractivity contribution in [3.05, 3.63) is 41.6 Å². The number of morpholine rings is 1. The summed E-state index contributed by atoms with van der Waals surface area (Å²) in [6.07, 6.45) is 1.36. The van der Waals surface area contributed by atoms with Crippen LogP contribution in [0.5, 0.6) is 0 Å². The fourth-order valence-corrected chi connectivity index (χ4v) is 1.96. The van der Waals surface area contributed by atoms with Crippen LogP contribution in [0.25, 0.3) is 0 Å². The first-order valence-corrected chi connectivity index (χ1v) is 6.75. The maximum absolute atomic E-state index is 12.2. The van der Waals surface area contributed by atoms with Gasteiger partial charge in [-0.1, -0.05) is 0 Å². The van der Waals surface area contributed by atoms with Crippen LogP contribution in [0, 0.1) is 11.3 Å². The summed E-state index contributed by atoms with van der Waals surface area (Å²) in [6.45, 7) is 1.91. The first-order chi connectivity index (χ1) is 10.6. The summed E-state index contributed by atoms with van der Waals surface area (Å²) >= 11 is 0. The number of anilines is 1. The Hall–Kier alpha value is -2.85. The van der Waals surface area contributed by atoms with Crippen molar-refractivity contribution in [2.24, 2.45) is 5.73 Å². The number of primary amides is 1. The molecule has 2 rings (SSSR count). The van der Waals surface area contributed by atoms with Crippen molar-refractivity contribution in [2.75, 3.05) is 31.6 Å². The highest BCUT2D eigenvalue weighted by molar-refractivity contribution is 5.97. The van der Waals surface area contributed by atoms with E-state index in [-0.39, 0.29) is 11.5 Å². The van der Waals surface area contributed by atoms with Gasteiger partial charge in [-0.25, -0.2) is 0 Å². The normalized spacial score (nSPS) is 15.0. The number of hydrogen-bond acceptors (Lipinski definition) is 5. The molecule has 22 heavy (non-hydrogen) atoms.